The van der Waals surface area contributed by atoms with Gasteiger partial charge in [-0.3, -0.25) is 0 Å². The van der Waals surface area contributed by atoms with Crippen LogP contribution in [-0.2, 0) is 6.42 Å². The highest BCUT2D eigenvalue weighted by atomic mass is 16.5. The normalized spacial score (nSPS) is 9.85. The number of unbranched alkanes of at least 4 members (excludes halogenated alkanes) is 1. The fraction of sp³-hybridized carbons (Fsp3) is 0.286. The molecule has 0 radical (unpaired) electrons. The number of hydrogen-bond acceptors (Lipinski definition) is 5. The number of benzene rings is 2. The van der Waals surface area contributed by atoms with E-state index in [1.165, 1.54) is 6.07 Å². The summed E-state index contributed by atoms with van der Waals surface area (Å²) in [6.07, 6.45) is 2.68. The monoisotopic (exact) mass is 348 g/mol. The first-order chi connectivity index (χ1) is 12.6. The number of aryl methyl sites for hydroxylation is 1. The summed E-state index contributed by atoms with van der Waals surface area (Å²) in [5.41, 5.74) is 1.57. The van der Waals surface area contributed by atoms with Gasteiger partial charge in [0.25, 0.3) is 0 Å². The first-order valence-electron chi connectivity index (χ1n) is 8.55. The molecule has 0 aliphatic carbocycles. The van der Waals surface area contributed by atoms with Gasteiger partial charge < -0.3 is 9.47 Å². The summed E-state index contributed by atoms with van der Waals surface area (Å²) < 4.78 is 10.9. The minimum atomic E-state index is -0.576. The highest BCUT2D eigenvalue weighted by Crippen LogP contribution is 2.30. The van der Waals surface area contributed by atoms with Gasteiger partial charge in [-0.15, -0.1) is 0 Å². The lowest BCUT2D eigenvalue weighted by atomic mass is 10.1. The van der Waals surface area contributed by atoms with E-state index in [-0.39, 0.29) is 16.9 Å². The van der Waals surface area contributed by atoms with E-state index in [4.69, 9.17) is 9.47 Å². The van der Waals surface area contributed by atoms with Gasteiger partial charge >= 0.3 is 5.97 Å². The fourth-order valence-electron chi connectivity index (χ4n) is 2.35. The van der Waals surface area contributed by atoms with E-state index in [0.29, 0.717) is 17.9 Å². The molecule has 0 atom stereocenters. The molecule has 0 spiro atoms. The Bertz CT molecular complexity index is 859. The lowest BCUT2D eigenvalue weighted by Gasteiger charge is -2.12. The van der Waals surface area contributed by atoms with Crippen LogP contribution in [0.3, 0.4) is 0 Å². The van der Waals surface area contributed by atoms with E-state index >= 15 is 0 Å². The van der Waals surface area contributed by atoms with Crippen molar-refractivity contribution in [2.45, 2.75) is 33.1 Å². The Balaban J connectivity index is 2.27. The third-order valence-corrected chi connectivity index (χ3v) is 3.91. The number of rotatable bonds is 7. The summed E-state index contributed by atoms with van der Waals surface area (Å²) in [4.78, 5) is 12.3. The Morgan fingerprint density at radius 3 is 2.15 bits per heavy atom. The summed E-state index contributed by atoms with van der Waals surface area (Å²) >= 11 is 0. The highest BCUT2D eigenvalue weighted by molar-refractivity contribution is 5.91. The van der Waals surface area contributed by atoms with Crippen molar-refractivity contribution in [2.24, 2.45) is 0 Å². The predicted octanol–water partition coefficient (Wildman–Crippen LogP) is 4.39. The standard InChI is InChI=1S/C21H20N2O3/c1-3-5-12-25-19-10-11-20(18(14-23)17(19)13-22)26-21(24)16-8-6-15(4-2)7-9-16/h6-11H,3-5,12H2,1-2H3. The van der Waals surface area contributed by atoms with Crippen molar-refractivity contribution in [1.82, 2.24) is 0 Å². The SMILES string of the molecule is CCCCOc1ccc(OC(=O)c2ccc(CC)cc2)c(C#N)c1C#N. The quantitative estimate of drug-likeness (QED) is 0.421. The number of hydrogen-bond donors (Lipinski definition) is 0. The van der Waals surface area contributed by atoms with E-state index in [0.717, 1.165) is 24.8 Å². The molecule has 0 heterocycles. The molecule has 0 aromatic heterocycles. The first-order valence-corrected chi connectivity index (χ1v) is 8.55. The van der Waals surface area contributed by atoms with Crippen LogP contribution in [-0.4, -0.2) is 12.6 Å². The molecule has 0 saturated heterocycles. The van der Waals surface area contributed by atoms with Crippen molar-refractivity contribution >= 4 is 5.97 Å². The van der Waals surface area contributed by atoms with E-state index in [1.807, 2.05) is 38.1 Å². The van der Waals surface area contributed by atoms with Gasteiger partial charge in [0.15, 0.2) is 5.75 Å². The Kier molecular flexibility index (Phi) is 6.76. The summed E-state index contributed by atoms with van der Waals surface area (Å²) in [6.45, 7) is 4.52. The number of carbonyl (C=O) groups excluding carboxylic acids is 1. The lowest BCUT2D eigenvalue weighted by Crippen LogP contribution is -2.10. The van der Waals surface area contributed by atoms with Crippen LogP contribution in [0, 0.1) is 22.7 Å². The Labute approximate surface area is 153 Å². The van der Waals surface area contributed by atoms with Crippen LogP contribution in [0.2, 0.25) is 0 Å². The summed E-state index contributed by atoms with van der Waals surface area (Å²) in [5.74, 6) is -0.200. The minimum absolute atomic E-state index is 0.0000248. The minimum Gasteiger partial charge on any atom is -0.492 e. The summed E-state index contributed by atoms with van der Waals surface area (Å²) in [7, 11) is 0. The van der Waals surface area contributed by atoms with E-state index in [9.17, 15) is 15.3 Å². The molecule has 5 heteroatoms. The van der Waals surface area contributed by atoms with E-state index in [2.05, 4.69) is 0 Å². The maximum Gasteiger partial charge on any atom is 0.343 e. The van der Waals surface area contributed by atoms with Crippen LogP contribution < -0.4 is 9.47 Å². The van der Waals surface area contributed by atoms with Gasteiger partial charge in [-0.2, -0.15) is 10.5 Å². The molecule has 0 aliphatic heterocycles. The van der Waals surface area contributed by atoms with Crippen LogP contribution in [0.15, 0.2) is 36.4 Å². The molecule has 0 bridgehead atoms. The topological polar surface area (TPSA) is 83.1 Å². The number of nitrogens with zero attached hydrogens (tertiary/aromatic N) is 2. The maximum absolute atomic E-state index is 12.3. The molecular formula is C21H20N2O3. The van der Waals surface area contributed by atoms with Gasteiger partial charge in [0.05, 0.1) is 12.2 Å². The van der Waals surface area contributed by atoms with Crippen molar-refractivity contribution in [3.8, 4) is 23.6 Å². The fourth-order valence-corrected chi connectivity index (χ4v) is 2.35. The zero-order valence-corrected chi connectivity index (χ0v) is 14.9. The molecule has 0 fully saturated rings. The molecule has 2 rings (SSSR count). The van der Waals surface area contributed by atoms with Gasteiger partial charge in [-0.05, 0) is 42.7 Å². The molecule has 2 aromatic carbocycles. The average molecular weight is 348 g/mol. The molecular weight excluding hydrogens is 328 g/mol. The Morgan fingerprint density at radius 2 is 1.58 bits per heavy atom. The predicted molar refractivity (Wildman–Crippen MR) is 97.1 cm³/mol. The van der Waals surface area contributed by atoms with Crippen molar-refractivity contribution < 1.29 is 14.3 Å². The molecule has 0 saturated carbocycles. The number of carbonyl (C=O) groups is 1. The van der Waals surface area contributed by atoms with Gasteiger partial charge in [-0.1, -0.05) is 32.4 Å². The van der Waals surface area contributed by atoms with Gasteiger partial charge in [0.1, 0.15) is 29.0 Å². The van der Waals surface area contributed by atoms with Gasteiger partial charge in [0.2, 0.25) is 0 Å². The summed E-state index contributed by atoms with van der Waals surface area (Å²) in [5, 5.41) is 18.8. The number of esters is 1. The van der Waals surface area contributed by atoms with Gasteiger partial charge in [-0.25, -0.2) is 4.79 Å². The largest absolute Gasteiger partial charge is 0.492 e. The summed E-state index contributed by atoms with van der Waals surface area (Å²) in [6, 6.07) is 14.0. The van der Waals surface area contributed by atoms with E-state index in [1.54, 1.807) is 18.2 Å². The van der Waals surface area contributed by atoms with Crippen LogP contribution in [0.1, 0.15) is 53.7 Å². The highest BCUT2D eigenvalue weighted by Gasteiger charge is 2.18. The Hall–Kier alpha value is -3.31. The number of ether oxygens (including phenoxy) is 2. The van der Waals surface area contributed by atoms with Crippen LogP contribution in [0.25, 0.3) is 0 Å². The third-order valence-electron chi connectivity index (χ3n) is 3.91. The second-order valence-electron chi connectivity index (χ2n) is 5.68. The average Bonchev–Trinajstić information content (AvgIpc) is 2.68. The zero-order valence-electron chi connectivity index (χ0n) is 14.9. The third kappa shape index (κ3) is 4.40. The lowest BCUT2D eigenvalue weighted by molar-refractivity contribution is 0.0734. The smallest absolute Gasteiger partial charge is 0.343 e. The molecule has 0 unspecified atom stereocenters. The molecule has 0 N–H and O–H groups in total. The zero-order chi connectivity index (χ0) is 18.9. The molecule has 26 heavy (non-hydrogen) atoms. The molecule has 2 aromatic rings. The molecule has 0 aliphatic rings. The molecule has 132 valence electrons. The second kappa shape index (κ2) is 9.25. The van der Waals surface area contributed by atoms with Gasteiger partial charge in [0, 0.05) is 0 Å². The number of nitriles is 2. The van der Waals surface area contributed by atoms with Crippen molar-refractivity contribution in [3.05, 3.63) is 58.7 Å². The van der Waals surface area contributed by atoms with Crippen LogP contribution in [0.4, 0.5) is 0 Å². The van der Waals surface area contributed by atoms with E-state index < -0.39 is 5.97 Å². The van der Waals surface area contributed by atoms with Crippen molar-refractivity contribution in [3.63, 3.8) is 0 Å². The molecule has 0 amide bonds. The van der Waals surface area contributed by atoms with Crippen molar-refractivity contribution in [2.75, 3.05) is 6.61 Å². The first kappa shape index (κ1) is 19.0. The molecule has 5 nitrogen and oxygen atoms in total. The maximum atomic E-state index is 12.3. The second-order valence-corrected chi connectivity index (χ2v) is 5.68. The van der Waals surface area contributed by atoms with Crippen LogP contribution >= 0.6 is 0 Å². The Morgan fingerprint density at radius 1 is 0.962 bits per heavy atom. The van der Waals surface area contributed by atoms with Crippen molar-refractivity contribution in [1.29, 1.82) is 10.5 Å². The van der Waals surface area contributed by atoms with Crippen LogP contribution in [0.5, 0.6) is 11.5 Å².